The molecule has 0 saturated heterocycles. The smallest absolute Gasteiger partial charge is 0.338 e. The van der Waals surface area contributed by atoms with Crippen LogP contribution in [0, 0.1) is 22.7 Å². The number of para-hydroxylation sites is 2. The number of thiazole rings is 2. The van der Waals surface area contributed by atoms with Crippen LogP contribution in [-0.2, 0) is 4.74 Å². The van der Waals surface area contributed by atoms with Crippen LogP contribution in [0.25, 0.3) is 31.6 Å². The second-order valence-electron chi connectivity index (χ2n) is 11.4. The lowest BCUT2D eigenvalue weighted by atomic mass is 9.88. The van der Waals surface area contributed by atoms with Gasteiger partial charge in [0.2, 0.25) is 0 Å². The largest absolute Gasteiger partial charge is 0.461 e. The Kier molecular flexibility index (Phi) is 8.31. The maximum atomic E-state index is 13.3. The molecule has 5 aromatic carbocycles. The number of carbonyl (C=O) groups excluding carboxylic acids is 1. The minimum Gasteiger partial charge on any atom is -0.461 e. The van der Waals surface area contributed by atoms with E-state index in [1.54, 1.807) is 12.1 Å². The highest BCUT2D eigenvalue weighted by Gasteiger charge is 2.27. The van der Waals surface area contributed by atoms with Crippen LogP contribution < -0.4 is 15.2 Å². The number of benzene rings is 5. The Balaban J connectivity index is 1.33. The molecule has 1 atom stereocenters. The van der Waals surface area contributed by atoms with Crippen molar-refractivity contribution in [2.45, 2.75) is 5.92 Å². The first-order valence-corrected chi connectivity index (χ1v) is 17.8. The van der Waals surface area contributed by atoms with E-state index in [9.17, 15) is 15.3 Å². The highest BCUT2D eigenvalue weighted by molar-refractivity contribution is 7.19. The van der Waals surface area contributed by atoms with Crippen molar-refractivity contribution in [2.24, 2.45) is 0 Å². The average Bonchev–Trinajstić information content (AvgIpc) is 3.78. The molecule has 3 heterocycles. The van der Waals surface area contributed by atoms with Crippen molar-refractivity contribution in [2.75, 3.05) is 12.5 Å². The number of fused-ring (bicyclic) bond motifs is 4. The molecule has 7 nitrogen and oxygen atoms in total. The van der Waals surface area contributed by atoms with Gasteiger partial charge in [-0.25, -0.2) is 14.8 Å². The quantitative estimate of drug-likeness (QED) is 0.122. The second-order valence-corrected chi connectivity index (χ2v) is 13.8. The average molecular weight is 707 g/mol. The third kappa shape index (κ3) is 5.58. The summed E-state index contributed by atoms with van der Waals surface area (Å²) < 4.78 is 14.1. The number of nitriles is 2. The topological polar surface area (TPSA) is 109 Å². The highest BCUT2D eigenvalue weighted by atomic mass is 35.5. The number of rotatable bonds is 7. The van der Waals surface area contributed by atoms with E-state index in [4.69, 9.17) is 31.0 Å². The van der Waals surface area contributed by atoms with E-state index in [1.807, 2.05) is 97.1 Å². The van der Waals surface area contributed by atoms with Crippen molar-refractivity contribution in [1.29, 1.82) is 10.5 Å². The molecule has 1 aliphatic rings. The number of nitrogens with zero attached hydrogens (tertiary/aromatic N) is 4. The first-order valence-electron chi connectivity index (χ1n) is 15.6. The minimum atomic E-state index is -0.632. The van der Waals surface area contributed by atoms with Crippen molar-refractivity contribution in [3.63, 3.8) is 0 Å². The summed E-state index contributed by atoms with van der Waals surface area (Å²) in [6.45, 7) is 0.0763. The van der Waals surface area contributed by atoms with Gasteiger partial charge in [-0.1, -0.05) is 60.7 Å². The molecule has 1 aliphatic heterocycles. The molecule has 0 bridgehead atoms. The van der Waals surface area contributed by atoms with Crippen LogP contribution in [0.1, 0.15) is 43.0 Å². The van der Waals surface area contributed by atoms with Crippen molar-refractivity contribution < 1.29 is 14.3 Å². The molecule has 10 heteroatoms. The van der Waals surface area contributed by atoms with Crippen LogP contribution in [0.15, 0.2) is 109 Å². The van der Waals surface area contributed by atoms with E-state index in [2.05, 4.69) is 12.1 Å². The summed E-state index contributed by atoms with van der Waals surface area (Å²) in [6.07, 6.45) is 0. The van der Waals surface area contributed by atoms with Gasteiger partial charge in [0.25, 0.3) is 0 Å². The lowest BCUT2D eigenvalue weighted by Crippen LogP contribution is -2.22. The van der Waals surface area contributed by atoms with Gasteiger partial charge >= 0.3 is 5.97 Å². The number of halogens is 1. The Bertz CT molecular complexity index is 2640. The van der Waals surface area contributed by atoms with Crippen LogP contribution in [0.5, 0.6) is 11.5 Å². The molecule has 0 aliphatic carbocycles. The molecule has 50 heavy (non-hydrogen) atoms. The Morgan fingerprint density at radius 3 is 2.30 bits per heavy atom. The highest BCUT2D eigenvalue weighted by Crippen LogP contribution is 2.40. The molecular formula is C40H23ClN4O3S2. The van der Waals surface area contributed by atoms with E-state index in [0.29, 0.717) is 43.4 Å². The Morgan fingerprint density at radius 2 is 1.56 bits per heavy atom. The number of esters is 1. The van der Waals surface area contributed by atoms with E-state index < -0.39 is 11.9 Å². The summed E-state index contributed by atoms with van der Waals surface area (Å²) in [5.74, 6) is 0.0523. The van der Waals surface area contributed by atoms with Gasteiger partial charge in [0.1, 0.15) is 40.1 Å². The lowest BCUT2D eigenvalue weighted by Gasteiger charge is -2.23. The summed E-state index contributed by atoms with van der Waals surface area (Å²) in [4.78, 5) is 22.8. The van der Waals surface area contributed by atoms with Gasteiger partial charge in [0.15, 0.2) is 0 Å². The first kappa shape index (κ1) is 31.4. The van der Waals surface area contributed by atoms with Gasteiger partial charge in [0.05, 0.1) is 43.5 Å². The molecule has 0 saturated carbocycles. The molecule has 0 N–H and O–H groups in total. The SMILES string of the molecule is N#CC(c1nc2ccccc2s1)=c1ccc2c(c1)Oc1cc(C(C#N)c3nc4ccccc4s3)ccc1C=2c1ccccc1C(=O)OCCCl. The summed E-state index contributed by atoms with van der Waals surface area (Å²) >= 11 is 8.78. The summed E-state index contributed by atoms with van der Waals surface area (Å²) in [6, 6.07) is 38.9. The van der Waals surface area contributed by atoms with Gasteiger partial charge in [-0.05, 0) is 64.9 Å². The van der Waals surface area contributed by atoms with Crippen molar-refractivity contribution >= 4 is 71.8 Å². The van der Waals surface area contributed by atoms with Crippen LogP contribution in [-0.4, -0.2) is 28.4 Å². The van der Waals surface area contributed by atoms with E-state index >= 15 is 0 Å². The number of carbonyl (C=O) groups is 1. The monoisotopic (exact) mass is 706 g/mol. The molecule has 0 radical (unpaired) electrons. The van der Waals surface area contributed by atoms with Crippen LogP contribution >= 0.6 is 34.3 Å². The molecule has 8 rings (SSSR count). The predicted octanol–water partition coefficient (Wildman–Crippen LogP) is 8.03. The maximum Gasteiger partial charge on any atom is 0.338 e. The number of hydrogen-bond acceptors (Lipinski definition) is 9. The zero-order chi connectivity index (χ0) is 34.2. The second kappa shape index (κ2) is 13.2. The van der Waals surface area contributed by atoms with Crippen LogP contribution in [0.4, 0.5) is 0 Å². The van der Waals surface area contributed by atoms with Crippen LogP contribution in [0.3, 0.4) is 0 Å². The maximum absolute atomic E-state index is 13.3. The fourth-order valence-electron chi connectivity index (χ4n) is 6.12. The zero-order valence-electron chi connectivity index (χ0n) is 26.1. The third-order valence-corrected chi connectivity index (χ3v) is 10.7. The summed E-state index contributed by atoms with van der Waals surface area (Å²) in [5, 5.41) is 23.4. The Morgan fingerprint density at radius 1 is 0.820 bits per heavy atom. The van der Waals surface area contributed by atoms with Crippen molar-refractivity contribution in [3.05, 3.63) is 152 Å². The number of ether oxygens (including phenoxy) is 2. The molecule has 240 valence electrons. The normalized spacial score (nSPS) is 13.1. The Hall–Kier alpha value is -5.84. The standard InChI is InChI=1S/C40H23ClN4O3S2/c41-17-18-47-40(46)26-8-2-1-7-25(26)37-27-15-13-23(29(21-42)38-44-31-9-3-5-11-35(31)49-38)19-33(27)48-34-20-24(14-16-28(34)37)30(22-43)39-45-32-10-4-6-12-36(32)50-39/h1-16,19-20,29H,17-18H2. The fourth-order valence-corrected chi connectivity index (χ4v) is 8.22. The van der Waals surface area contributed by atoms with E-state index in [0.717, 1.165) is 42.4 Å². The molecule has 1 unspecified atom stereocenters. The number of alkyl halides is 1. The molecule has 7 aromatic rings. The van der Waals surface area contributed by atoms with Crippen LogP contribution in [0.2, 0.25) is 0 Å². The minimum absolute atomic E-state index is 0.0763. The predicted molar refractivity (Wildman–Crippen MR) is 196 cm³/mol. The summed E-state index contributed by atoms with van der Waals surface area (Å²) in [7, 11) is 0. The number of hydrogen-bond donors (Lipinski definition) is 0. The molecule has 0 amide bonds. The Labute approximate surface area is 299 Å². The summed E-state index contributed by atoms with van der Waals surface area (Å²) in [5.41, 5.74) is 5.33. The first-order chi connectivity index (χ1) is 24.6. The molecule has 0 fully saturated rings. The van der Waals surface area contributed by atoms with Gasteiger partial charge in [-0.3, -0.25) is 0 Å². The van der Waals surface area contributed by atoms with E-state index in [1.165, 1.54) is 22.7 Å². The van der Waals surface area contributed by atoms with Crippen molar-refractivity contribution in [3.8, 4) is 23.6 Å². The zero-order valence-corrected chi connectivity index (χ0v) is 28.5. The van der Waals surface area contributed by atoms with Gasteiger partial charge in [-0.15, -0.1) is 34.3 Å². The van der Waals surface area contributed by atoms with Gasteiger partial charge in [-0.2, -0.15) is 10.5 Å². The van der Waals surface area contributed by atoms with Crippen molar-refractivity contribution in [1.82, 2.24) is 9.97 Å². The number of aromatic nitrogens is 2. The van der Waals surface area contributed by atoms with Gasteiger partial charge < -0.3 is 9.47 Å². The fraction of sp³-hybridized carbons (Fsp3) is 0.0750. The molecule has 0 spiro atoms. The molecular weight excluding hydrogens is 684 g/mol. The van der Waals surface area contributed by atoms with Gasteiger partial charge in [0, 0.05) is 16.4 Å². The lowest BCUT2D eigenvalue weighted by molar-refractivity contribution is 0.0528. The molecule has 2 aromatic heterocycles. The third-order valence-electron chi connectivity index (χ3n) is 8.40. The van der Waals surface area contributed by atoms with E-state index in [-0.39, 0.29) is 12.5 Å².